The van der Waals surface area contributed by atoms with Gasteiger partial charge in [-0.3, -0.25) is 9.78 Å². The highest BCUT2D eigenvalue weighted by atomic mass is 35.5. The van der Waals surface area contributed by atoms with Crippen LogP contribution in [0.3, 0.4) is 0 Å². The number of carbonyl (C=O) groups is 2. The van der Waals surface area contributed by atoms with Crippen molar-refractivity contribution in [3.63, 3.8) is 0 Å². The van der Waals surface area contributed by atoms with E-state index in [2.05, 4.69) is 4.98 Å². The third kappa shape index (κ3) is 3.94. The van der Waals surface area contributed by atoms with Crippen molar-refractivity contribution in [1.82, 2.24) is 14.8 Å². The SMILES string of the molecule is CN(C(=O)OC(C)(C)C)[C@@H]1CCN(C(=O)c2cc3nccc(Cl)c3s2)C1. The van der Waals surface area contributed by atoms with Gasteiger partial charge in [-0.1, -0.05) is 11.6 Å². The lowest BCUT2D eigenvalue weighted by atomic mass is 10.2. The highest BCUT2D eigenvalue weighted by Gasteiger charge is 2.33. The summed E-state index contributed by atoms with van der Waals surface area (Å²) >= 11 is 7.53. The zero-order valence-corrected chi connectivity index (χ0v) is 16.9. The summed E-state index contributed by atoms with van der Waals surface area (Å²) in [5.41, 5.74) is 0.190. The van der Waals surface area contributed by atoms with Crippen molar-refractivity contribution in [2.45, 2.75) is 38.8 Å². The van der Waals surface area contributed by atoms with Gasteiger partial charge in [-0.25, -0.2) is 4.79 Å². The van der Waals surface area contributed by atoms with E-state index in [4.69, 9.17) is 16.3 Å². The van der Waals surface area contributed by atoms with Gasteiger partial charge in [-0.15, -0.1) is 11.3 Å². The second-order valence-electron chi connectivity index (χ2n) is 7.40. The van der Waals surface area contributed by atoms with Crippen molar-refractivity contribution in [3.05, 3.63) is 28.2 Å². The molecule has 0 spiro atoms. The number of amides is 2. The van der Waals surface area contributed by atoms with E-state index in [1.165, 1.54) is 11.3 Å². The van der Waals surface area contributed by atoms with Crippen LogP contribution in [-0.4, -0.2) is 58.6 Å². The summed E-state index contributed by atoms with van der Waals surface area (Å²) < 4.78 is 6.23. The Bertz CT molecular complexity index is 846. The van der Waals surface area contributed by atoms with E-state index in [9.17, 15) is 9.59 Å². The van der Waals surface area contributed by atoms with Gasteiger partial charge in [0.15, 0.2) is 0 Å². The number of rotatable bonds is 2. The highest BCUT2D eigenvalue weighted by Crippen LogP contribution is 2.31. The topological polar surface area (TPSA) is 62.7 Å². The smallest absolute Gasteiger partial charge is 0.410 e. The second kappa shape index (κ2) is 7.04. The summed E-state index contributed by atoms with van der Waals surface area (Å²) in [6.07, 6.45) is 1.99. The van der Waals surface area contributed by atoms with Crippen LogP contribution in [-0.2, 0) is 4.74 Å². The minimum absolute atomic E-state index is 0.0510. The summed E-state index contributed by atoms with van der Waals surface area (Å²) in [4.78, 5) is 33.3. The first-order valence-electron chi connectivity index (χ1n) is 8.45. The lowest BCUT2D eigenvalue weighted by molar-refractivity contribution is 0.0226. The van der Waals surface area contributed by atoms with Crippen molar-refractivity contribution < 1.29 is 14.3 Å². The summed E-state index contributed by atoms with van der Waals surface area (Å²) in [6, 6.07) is 3.44. The molecule has 0 aliphatic carbocycles. The molecule has 2 aromatic rings. The van der Waals surface area contributed by atoms with E-state index >= 15 is 0 Å². The van der Waals surface area contributed by atoms with Crippen molar-refractivity contribution >= 4 is 45.2 Å². The van der Waals surface area contributed by atoms with Crippen LogP contribution in [0.15, 0.2) is 18.3 Å². The predicted octanol–water partition coefficient (Wildman–Crippen LogP) is 4.03. The molecule has 1 aliphatic heterocycles. The molecule has 0 aromatic carbocycles. The summed E-state index contributed by atoms with van der Waals surface area (Å²) in [5.74, 6) is -0.0517. The van der Waals surface area contributed by atoms with Crippen LogP contribution >= 0.6 is 22.9 Å². The Morgan fingerprint density at radius 2 is 2.15 bits per heavy atom. The van der Waals surface area contributed by atoms with Gasteiger partial charge < -0.3 is 14.5 Å². The van der Waals surface area contributed by atoms with Gasteiger partial charge in [0, 0.05) is 26.3 Å². The second-order valence-corrected chi connectivity index (χ2v) is 8.86. The Kier molecular flexibility index (Phi) is 5.12. The van der Waals surface area contributed by atoms with Gasteiger partial charge in [-0.05, 0) is 39.3 Å². The minimum atomic E-state index is -0.539. The lowest BCUT2D eigenvalue weighted by Gasteiger charge is -2.28. The standard InChI is InChI=1S/C18H22ClN3O3S/c1-18(2,3)25-17(24)21(4)11-6-8-22(10-11)16(23)14-9-13-15(26-14)12(19)5-7-20-13/h5,7,9,11H,6,8,10H2,1-4H3/t11-/m1/s1. The van der Waals surface area contributed by atoms with Crippen LogP contribution < -0.4 is 0 Å². The number of aromatic nitrogens is 1. The molecule has 2 amide bonds. The molecule has 0 bridgehead atoms. The van der Waals surface area contributed by atoms with Crippen LogP contribution in [0, 0.1) is 0 Å². The number of hydrogen-bond donors (Lipinski definition) is 0. The van der Waals surface area contributed by atoms with E-state index in [1.807, 2.05) is 20.8 Å². The number of fused-ring (bicyclic) bond motifs is 1. The average molecular weight is 396 g/mol. The van der Waals surface area contributed by atoms with Crippen LogP contribution in [0.1, 0.15) is 36.9 Å². The molecule has 6 nitrogen and oxygen atoms in total. The van der Waals surface area contributed by atoms with Gasteiger partial charge in [0.25, 0.3) is 5.91 Å². The first kappa shape index (κ1) is 18.9. The number of pyridine rings is 1. The fourth-order valence-corrected chi connectivity index (χ4v) is 4.15. The monoisotopic (exact) mass is 395 g/mol. The number of hydrogen-bond acceptors (Lipinski definition) is 5. The number of thiophene rings is 1. The Morgan fingerprint density at radius 3 is 2.81 bits per heavy atom. The molecule has 3 heterocycles. The normalized spacial score (nSPS) is 17.6. The number of ether oxygens (including phenoxy) is 1. The molecule has 1 aliphatic rings. The molecule has 0 saturated carbocycles. The third-order valence-electron chi connectivity index (χ3n) is 4.25. The van der Waals surface area contributed by atoms with Crippen molar-refractivity contribution in [2.75, 3.05) is 20.1 Å². The fraction of sp³-hybridized carbons (Fsp3) is 0.500. The number of nitrogens with zero attached hydrogens (tertiary/aromatic N) is 3. The third-order valence-corrected chi connectivity index (χ3v) is 5.83. The Balaban J connectivity index is 1.68. The molecule has 2 aromatic heterocycles. The molecular weight excluding hydrogens is 374 g/mol. The Labute approximate surface area is 161 Å². The van der Waals surface area contributed by atoms with Gasteiger partial charge in [0.05, 0.1) is 26.2 Å². The van der Waals surface area contributed by atoms with Gasteiger partial charge in [-0.2, -0.15) is 0 Å². The maximum absolute atomic E-state index is 12.8. The molecule has 1 saturated heterocycles. The summed E-state index contributed by atoms with van der Waals surface area (Å²) in [5, 5.41) is 0.600. The maximum atomic E-state index is 12.8. The number of carbonyl (C=O) groups excluding carboxylic acids is 2. The van der Waals surface area contributed by atoms with Gasteiger partial charge in [0.1, 0.15) is 5.60 Å². The van der Waals surface area contributed by atoms with Crippen molar-refractivity contribution in [2.24, 2.45) is 0 Å². The molecule has 0 N–H and O–H groups in total. The molecule has 0 radical (unpaired) electrons. The molecule has 0 unspecified atom stereocenters. The van der Waals surface area contributed by atoms with Gasteiger partial charge in [0.2, 0.25) is 0 Å². The Hall–Kier alpha value is -1.86. The number of likely N-dealkylation sites (tertiary alicyclic amines) is 1. The maximum Gasteiger partial charge on any atom is 0.410 e. The molecule has 3 rings (SSSR count). The number of halogens is 1. The fourth-order valence-electron chi connectivity index (χ4n) is 2.89. The Morgan fingerprint density at radius 1 is 1.42 bits per heavy atom. The lowest BCUT2D eigenvalue weighted by Crippen LogP contribution is -2.42. The summed E-state index contributed by atoms with van der Waals surface area (Å²) in [7, 11) is 1.72. The predicted molar refractivity (Wildman–Crippen MR) is 103 cm³/mol. The molecule has 1 fully saturated rings. The van der Waals surface area contributed by atoms with E-state index < -0.39 is 5.60 Å². The minimum Gasteiger partial charge on any atom is -0.444 e. The quantitative estimate of drug-likeness (QED) is 0.770. The highest BCUT2D eigenvalue weighted by molar-refractivity contribution is 7.21. The van der Waals surface area contributed by atoms with E-state index in [-0.39, 0.29) is 18.0 Å². The summed E-state index contributed by atoms with van der Waals surface area (Å²) in [6.45, 7) is 6.60. The van der Waals surface area contributed by atoms with Gasteiger partial charge >= 0.3 is 6.09 Å². The van der Waals surface area contributed by atoms with E-state index in [0.29, 0.717) is 23.0 Å². The van der Waals surface area contributed by atoms with E-state index in [1.54, 1.807) is 35.2 Å². The molecule has 26 heavy (non-hydrogen) atoms. The molecule has 140 valence electrons. The molecule has 8 heteroatoms. The van der Waals surface area contributed by atoms with Crippen molar-refractivity contribution in [1.29, 1.82) is 0 Å². The first-order valence-corrected chi connectivity index (χ1v) is 9.64. The van der Waals surface area contributed by atoms with Crippen LogP contribution in [0.5, 0.6) is 0 Å². The molecular formula is C18H22ClN3O3S. The number of likely N-dealkylation sites (N-methyl/N-ethyl adjacent to an activating group) is 1. The van der Waals surface area contributed by atoms with Crippen LogP contribution in [0.25, 0.3) is 10.2 Å². The van der Waals surface area contributed by atoms with E-state index in [0.717, 1.165) is 16.6 Å². The zero-order chi connectivity index (χ0) is 19.1. The molecule has 1 atom stereocenters. The zero-order valence-electron chi connectivity index (χ0n) is 15.3. The van der Waals surface area contributed by atoms with Crippen molar-refractivity contribution in [3.8, 4) is 0 Å². The average Bonchev–Trinajstić information content (AvgIpc) is 3.19. The first-order chi connectivity index (χ1) is 12.2. The van der Waals surface area contributed by atoms with Crippen LogP contribution in [0.2, 0.25) is 5.02 Å². The largest absolute Gasteiger partial charge is 0.444 e. The van der Waals surface area contributed by atoms with Crippen LogP contribution in [0.4, 0.5) is 4.79 Å².